The maximum absolute atomic E-state index is 7.02. The summed E-state index contributed by atoms with van der Waals surface area (Å²) in [4.78, 5) is 18.6. The predicted octanol–water partition coefficient (Wildman–Crippen LogP) is 5.91. The summed E-state index contributed by atoms with van der Waals surface area (Å²) in [5, 5.41) is 11.0. The molecular weight excluding hydrogens is 585 g/mol. The first-order valence-corrected chi connectivity index (χ1v) is 14.8. The summed E-state index contributed by atoms with van der Waals surface area (Å²) in [5.41, 5.74) is 6.65. The van der Waals surface area contributed by atoms with Crippen LogP contribution in [0.1, 0.15) is 24.7 Å². The summed E-state index contributed by atoms with van der Waals surface area (Å²) in [6, 6.07) is 11.8. The summed E-state index contributed by atoms with van der Waals surface area (Å²) >= 11 is 14.0. The van der Waals surface area contributed by atoms with E-state index < -0.39 is 0 Å². The molecule has 43 heavy (non-hydrogen) atoms. The quantitative estimate of drug-likeness (QED) is 0.189. The molecule has 9 nitrogen and oxygen atoms in total. The fraction of sp³-hybridized carbons (Fsp3) is 0.312. The van der Waals surface area contributed by atoms with Crippen LogP contribution >= 0.6 is 23.2 Å². The van der Waals surface area contributed by atoms with E-state index in [2.05, 4.69) is 44.4 Å². The number of methoxy groups -OCH3 is 2. The molecule has 0 aliphatic carbocycles. The Morgan fingerprint density at radius 3 is 1.84 bits per heavy atom. The Morgan fingerprint density at radius 2 is 1.37 bits per heavy atom. The highest BCUT2D eigenvalue weighted by molar-refractivity contribution is 6.39. The first kappa shape index (κ1) is 30.7. The lowest BCUT2D eigenvalue weighted by atomic mass is 9.98. The van der Waals surface area contributed by atoms with E-state index in [0.29, 0.717) is 75.1 Å². The number of hydrogen-bond donors (Lipinski definition) is 3. The third kappa shape index (κ3) is 6.60. The second kappa shape index (κ2) is 13.7. The summed E-state index contributed by atoms with van der Waals surface area (Å²) in [7, 11) is 5.01. The minimum absolute atomic E-state index is 0.347. The zero-order valence-corrected chi connectivity index (χ0v) is 26.2. The largest absolute Gasteiger partial charge is 0.480 e. The molecule has 3 N–H and O–H groups in total. The summed E-state index contributed by atoms with van der Waals surface area (Å²) in [6.45, 7) is 8.11. The van der Waals surface area contributed by atoms with Gasteiger partial charge < -0.3 is 25.4 Å². The monoisotopic (exact) mass is 619 g/mol. The molecule has 4 aromatic rings. The van der Waals surface area contributed by atoms with E-state index in [1.165, 1.54) is 0 Å². The first-order valence-electron chi connectivity index (χ1n) is 14.0. The van der Waals surface area contributed by atoms with Gasteiger partial charge >= 0.3 is 0 Å². The Hall–Kier alpha value is -3.76. The number of rotatable bonds is 11. The number of halogens is 2. The number of nitrogens with zero attached hydrogens (tertiary/aromatic N) is 4. The molecule has 2 atom stereocenters. The van der Waals surface area contributed by atoms with E-state index in [4.69, 9.17) is 37.7 Å². The van der Waals surface area contributed by atoms with Gasteiger partial charge in [0.1, 0.15) is 11.4 Å². The summed E-state index contributed by atoms with van der Waals surface area (Å²) in [6.07, 6.45) is 4.47. The molecule has 224 valence electrons. The molecule has 1 saturated heterocycles. The van der Waals surface area contributed by atoms with E-state index in [1.54, 1.807) is 26.6 Å². The molecule has 0 saturated carbocycles. The molecular formula is C32H35Cl2N7O2. The van der Waals surface area contributed by atoms with E-state index >= 15 is 0 Å². The van der Waals surface area contributed by atoms with Gasteiger partial charge in [0, 0.05) is 53.6 Å². The summed E-state index contributed by atoms with van der Waals surface area (Å²) in [5.74, 6) is 1.36. The van der Waals surface area contributed by atoms with E-state index in [9.17, 15) is 0 Å². The zero-order valence-electron chi connectivity index (χ0n) is 24.7. The fourth-order valence-corrected chi connectivity index (χ4v) is 5.85. The van der Waals surface area contributed by atoms with Gasteiger partial charge in [-0.1, -0.05) is 73.1 Å². The van der Waals surface area contributed by atoms with Crippen molar-refractivity contribution in [3.8, 4) is 45.4 Å². The second-order valence-corrected chi connectivity index (χ2v) is 11.2. The third-order valence-corrected chi connectivity index (χ3v) is 8.31. The molecule has 2 aromatic heterocycles. The van der Waals surface area contributed by atoms with Crippen LogP contribution in [-0.4, -0.2) is 53.8 Å². The van der Waals surface area contributed by atoms with Crippen LogP contribution in [0.4, 0.5) is 0 Å². The van der Waals surface area contributed by atoms with Crippen molar-refractivity contribution >= 4 is 23.2 Å². The Balaban J connectivity index is 1.41. The van der Waals surface area contributed by atoms with Gasteiger partial charge in [0.15, 0.2) is 0 Å². The van der Waals surface area contributed by atoms with Crippen LogP contribution in [0.25, 0.3) is 33.6 Å². The van der Waals surface area contributed by atoms with Crippen molar-refractivity contribution in [2.75, 3.05) is 27.8 Å². The van der Waals surface area contributed by atoms with Gasteiger partial charge in [0.25, 0.3) is 0 Å². The van der Waals surface area contributed by atoms with Crippen molar-refractivity contribution in [1.29, 1.82) is 0 Å². The van der Waals surface area contributed by atoms with Gasteiger partial charge in [0.05, 0.1) is 48.0 Å². The molecule has 11 heteroatoms. The van der Waals surface area contributed by atoms with E-state index in [-0.39, 0.29) is 0 Å². The maximum Gasteiger partial charge on any atom is 0.237 e. The van der Waals surface area contributed by atoms with Crippen molar-refractivity contribution in [2.45, 2.75) is 32.5 Å². The normalized spacial score (nSPS) is 16.3. The van der Waals surface area contributed by atoms with Crippen LogP contribution in [0.3, 0.4) is 0 Å². The molecule has 1 fully saturated rings. The lowest BCUT2D eigenvalue weighted by molar-refractivity contribution is 0.386. The SMILES string of the molecule is C=C1N[C@H](CNCc2ncc(-c3cccc(-c4cccc(-c5cnc(CNC)c(OC)n5)c4Cl)c3Cl)nc2OC)CC1C. The van der Waals surface area contributed by atoms with Gasteiger partial charge in [-0.3, -0.25) is 9.97 Å². The molecule has 3 heterocycles. The van der Waals surface area contributed by atoms with Gasteiger partial charge in [-0.15, -0.1) is 0 Å². The Kier molecular flexibility index (Phi) is 9.77. The average molecular weight is 621 g/mol. The minimum atomic E-state index is 0.347. The number of hydrogen-bond acceptors (Lipinski definition) is 9. The zero-order chi connectivity index (χ0) is 30.5. The Morgan fingerprint density at radius 1 is 0.860 bits per heavy atom. The molecule has 1 aliphatic rings. The molecule has 5 rings (SSSR count). The number of aromatic nitrogens is 4. The van der Waals surface area contributed by atoms with E-state index in [0.717, 1.165) is 35.5 Å². The molecule has 0 amide bonds. The number of ether oxygens (including phenoxy) is 2. The highest BCUT2D eigenvalue weighted by Crippen LogP contribution is 2.42. The molecule has 1 unspecified atom stereocenters. The molecule has 1 aliphatic heterocycles. The topological polar surface area (TPSA) is 106 Å². The summed E-state index contributed by atoms with van der Waals surface area (Å²) < 4.78 is 11.1. The van der Waals surface area contributed by atoms with Crippen LogP contribution in [0, 0.1) is 5.92 Å². The van der Waals surface area contributed by atoms with Gasteiger partial charge in [-0.25, -0.2) is 9.97 Å². The Bertz CT molecular complexity index is 1630. The molecule has 0 spiro atoms. The van der Waals surface area contributed by atoms with Gasteiger partial charge in [0.2, 0.25) is 11.8 Å². The van der Waals surface area contributed by atoms with Crippen molar-refractivity contribution in [1.82, 2.24) is 35.9 Å². The number of allylic oxidation sites excluding steroid dienone is 1. The van der Waals surface area contributed by atoms with Crippen molar-refractivity contribution in [3.63, 3.8) is 0 Å². The minimum Gasteiger partial charge on any atom is -0.480 e. The fourth-order valence-electron chi connectivity index (χ4n) is 5.20. The molecule has 2 aromatic carbocycles. The van der Waals surface area contributed by atoms with Crippen molar-refractivity contribution in [3.05, 3.63) is 82.5 Å². The van der Waals surface area contributed by atoms with Crippen molar-refractivity contribution < 1.29 is 9.47 Å². The number of nitrogens with one attached hydrogen (secondary N) is 3. The predicted molar refractivity (Wildman–Crippen MR) is 171 cm³/mol. The highest BCUT2D eigenvalue weighted by atomic mass is 35.5. The Labute approximate surface area is 262 Å². The van der Waals surface area contributed by atoms with Crippen LogP contribution in [0.15, 0.2) is 61.1 Å². The third-order valence-electron chi connectivity index (χ3n) is 7.50. The van der Waals surface area contributed by atoms with Crippen LogP contribution in [0.2, 0.25) is 10.0 Å². The lowest BCUT2D eigenvalue weighted by Crippen LogP contribution is -2.33. The van der Waals surface area contributed by atoms with Crippen LogP contribution in [-0.2, 0) is 13.1 Å². The second-order valence-electron chi connectivity index (χ2n) is 10.4. The van der Waals surface area contributed by atoms with Crippen LogP contribution in [0.5, 0.6) is 11.8 Å². The molecule has 0 radical (unpaired) electrons. The van der Waals surface area contributed by atoms with E-state index in [1.807, 2.05) is 43.4 Å². The van der Waals surface area contributed by atoms with Crippen molar-refractivity contribution in [2.24, 2.45) is 5.92 Å². The average Bonchev–Trinajstić information content (AvgIpc) is 3.34. The van der Waals surface area contributed by atoms with Gasteiger partial charge in [-0.2, -0.15) is 0 Å². The first-order chi connectivity index (χ1) is 20.8. The molecule has 0 bridgehead atoms. The standard InChI is InChI=1S/C32H35Cl2N7O2/c1-18-12-20(39-19(18)2)13-36-15-28-32(43-5)41-26(17-38-28)24-11-7-9-22(30(24)34)21-8-6-10-23(29(21)33)25-16-37-27(14-35-3)31(40-25)42-4/h6-11,16-18,20,35-36,39H,2,12-15H2,1,3-5H3/t18?,20-/m0/s1. The highest BCUT2D eigenvalue weighted by Gasteiger charge is 2.24. The number of benzene rings is 2. The van der Waals surface area contributed by atoms with Gasteiger partial charge in [-0.05, 0) is 19.4 Å². The smallest absolute Gasteiger partial charge is 0.237 e. The maximum atomic E-state index is 7.02. The van der Waals surface area contributed by atoms with Crippen LogP contribution < -0.4 is 25.4 Å². The lowest BCUT2D eigenvalue weighted by Gasteiger charge is -2.15.